The van der Waals surface area contributed by atoms with Crippen LogP contribution in [0.3, 0.4) is 0 Å². The minimum atomic E-state index is -5.08. The molecule has 1 amide bonds. The number of carbonyl (C=O) groups is 2. The summed E-state index contributed by atoms with van der Waals surface area (Å²) in [6.07, 6.45) is -0.722. The highest BCUT2D eigenvalue weighted by Crippen LogP contribution is 2.45. The molecule has 0 bridgehead atoms. The standard InChI is InChI=1S/C18H27N3O2S.C2HF3O2/c1-14-19-15(12-24-14)10-20-11-16(17(22)21-6-2-3-7-21)18(13-20)4-8-23-9-5-18;3-2(4,5)1(6)7/h12,16H,2-11,13H2,1H3;(H,6,7). The first-order valence-corrected chi connectivity index (χ1v) is 11.3. The van der Waals surface area contributed by atoms with Crippen molar-refractivity contribution in [2.24, 2.45) is 11.3 Å². The Morgan fingerprint density at radius 2 is 1.90 bits per heavy atom. The van der Waals surface area contributed by atoms with Crippen molar-refractivity contribution in [3.8, 4) is 0 Å². The zero-order chi connectivity index (χ0) is 22.6. The lowest BCUT2D eigenvalue weighted by molar-refractivity contribution is -0.192. The second-order valence-electron chi connectivity index (χ2n) is 8.39. The van der Waals surface area contributed by atoms with Crippen LogP contribution in [0.15, 0.2) is 5.38 Å². The van der Waals surface area contributed by atoms with E-state index >= 15 is 0 Å². The Morgan fingerprint density at radius 3 is 2.42 bits per heavy atom. The van der Waals surface area contributed by atoms with Gasteiger partial charge < -0.3 is 14.7 Å². The lowest BCUT2D eigenvalue weighted by Crippen LogP contribution is -2.45. The molecular formula is C20H28F3N3O4S. The number of alkyl halides is 3. The molecule has 3 aliphatic heterocycles. The van der Waals surface area contributed by atoms with Crippen molar-refractivity contribution in [1.82, 2.24) is 14.8 Å². The Labute approximate surface area is 183 Å². The van der Waals surface area contributed by atoms with Crippen molar-refractivity contribution in [3.05, 3.63) is 16.1 Å². The van der Waals surface area contributed by atoms with Gasteiger partial charge in [-0.1, -0.05) is 0 Å². The van der Waals surface area contributed by atoms with Gasteiger partial charge in [0.25, 0.3) is 0 Å². The summed E-state index contributed by atoms with van der Waals surface area (Å²) in [6.45, 7) is 8.32. The van der Waals surface area contributed by atoms with E-state index in [1.807, 2.05) is 0 Å². The molecule has 3 saturated heterocycles. The second-order valence-corrected chi connectivity index (χ2v) is 9.45. The van der Waals surface area contributed by atoms with Crippen molar-refractivity contribution in [1.29, 1.82) is 0 Å². The molecule has 174 valence electrons. The number of aliphatic carboxylic acids is 1. The van der Waals surface area contributed by atoms with Crippen LogP contribution in [0.2, 0.25) is 0 Å². The Bertz CT molecular complexity index is 774. The van der Waals surface area contributed by atoms with Gasteiger partial charge in [0.05, 0.1) is 16.6 Å². The maximum absolute atomic E-state index is 13.2. The van der Waals surface area contributed by atoms with E-state index in [4.69, 9.17) is 14.6 Å². The molecular weight excluding hydrogens is 435 g/mol. The predicted octanol–water partition coefficient (Wildman–Crippen LogP) is 2.94. The average Bonchev–Trinajstić information content (AvgIpc) is 3.43. The minimum Gasteiger partial charge on any atom is -0.475 e. The summed E-state index contributed by atoms with van der Waals surface area (Å²) in [5.74, 6) is -2.22. The molecule has 3 aliphatic rings. The number of carboxylic acids is 1. The number of likely N-dealkylation sites (tertiary alicyclic amines) is 2. The highest BCUT2D eigenvalue weighted by molar-refractivity contribution is 7.09. The molecule has 4 rings (SSSR count). The number of aryl methyl sites for hydroxylation is 1. The monoisotopic (exact) mass is 463 g/mol. The van der Waals surface area contributed by atoms with Gasteiger partial charge in [-0.2, -0.15) is 13.2 Å². The van der Waals surface area contributed by atoms with E-state index in [9.17, 15) is 18.0 Å². The SMILES string of the molecule is Cc1nc(CN2CC(C(=O)N3CCCC3)C3(CCOCC3)C2)cs1.O=C(O)C(F)(F)F. The van der Waals surface area contributed by atoms with Crippen molar-refractivity contribution >= 4 is 23.2 Å². The predicted molar refractivity (Wildman–Crippen MR) is 108 cm³/mol. The summed E-state index contributed by atoms with van der Waals surface area (Å²) in [6, 6.07) is 0. The molecule has 1 aromatic rings. The number of amides is 1. The Hall–Kier alpha value is -1.72. The van der Waals surface area contributed by atoms with Crippen LogP contribution in [0.1, 0.15) is 36.4 Å². The second kappa shape index (κ2) is 9.83. The fraction of sp³-hybridized carbons (Fsp3) is 0.750. The maximum atomic E-state index is 13.2. The number of halogens is 3. The number of aromatic nitrogens is 1. The van der Waals surface area contributed by atoms with E-state index < -0.39 is 12.1 Å². The molecule has 0 saturated carbocycles. The number of carboxylic acid groups (broad SMARTS) is 1. The number of hydrogen-bond donors (Lipinski definition) is 1. The van der Waals surface area contributed by atoms with E-state index in [2.05, 4.69) is 27.1 Å². The summed E-state index contributed by atoms with van der Waals surface area (Å²) < 4.78 is 37.3. The fourth-order valence-corrected chi connectivity index (χ4v) is 5.29. The van der Waals surface area contributed by atoms with Crippen molar-refractivity contribution in [2.45, 2.75) is 45.3 Å². The molecule has 7 nitrogen and oxygen atoms in total. The van der Waals surface area contributed by atoms with E-state index in [0.29, 0.717) is 5.91 Å². The van der Waals surface area contributed by atoms with E-state index in [0.717, 1.165) is 82.3 Å². The van der Waals surface area contributed by atoms with Crippen LogP contribution in [0.4, 0.5) is 13.2 Å². The minimum absolute atomic E-state index is 0.114. The van der Waals surface area contributed by atoms with Gasteiger partial charge in [0.2, 0.25) is 5.91 Å². The third-order valence-electron chi connectivity index (χ3n) is 6.22. The van der Waals surface area contributed by atoms with Crippen molar-refractivity contribution < 1.29 is 32.6 Å². The molecule has 4 heterocycles. The van der Waals surface area contributed by atoms with Gasteiger partial charge in [0, 0.05) is 56.7 Å². The molecule has 1 N–H and O–H groups in total. The van der Waals surface area contributed by atoms with Crippen LogP contribution >= 0.6 is 11.3 Å². The summed E-state index contributed by atoms with van der Waals surface area (Å²) in [5.41, 5.74) is 1.26. The van der Waals surface area contributed by atoms with Gasteiger partial charge in [-0.3, -0.25) is 9.69 Å². The van der Waals surface area contributed by atoms with Crippen molar-refractivity contribution in [2.75, 3.05) is 39.4 Å². The quantitative estimate of drug-likeness (QED) is 0.742. The zero-order valence-electron chi connectivity index (χ0n) is 17.5. The third-order valence-corrected chi connectivity index (χ3v) is 7.04. The number of ether oxygens (including phenoxy) is 1. The Balaban J connectivity index is 0.000000339. The molecule has 1 atom stereocenters. The molecule has 3 fully saturated rings. The smallest absolute Gasteiger partial charge is 0.475 e. The van der Waals surface area contributed by atoms with Gasteiger partial charge in [-0.25, -0.2) is 9.78 Å². The van der Waals surface area contributed by atoms with E-state index in [-0.39, 0.29) is 11.3 Å². The topological polar surface area (TPSA) is 83.0 Å². The van der Waals surface area contributed by atoms with Crippen LogP contribution in [-0.4, -0.2) is 77.3 Å². The highest BCUT2D eigenvalue weighted by atomic mass is 32.1. The largest absolute Gasteiger partial charge is 0.490 e. The zero-order valence-corrected chi connectivity index (χ0v) is 18.3. The Kier molecular flexibility index (Phi) is 7.59. The van der Waals surface area contributed by atoms with Gasteiger partial charge in [0.15, 0.2) is 0 Å². The van der Waals surface area contributed by atoms with Gasteiger partial charge >= 0.3 is 12.1 Å². The average molecular weight is 464 g/mol. The molecule has 1 unspecified atom stereocenters. The number of hydrogen-bond acceptors (Lipinski definition) is 6. The maximum Gasteiger partial charge on any atom is 0.490 e. The number of rotatable bonds is 3. The molecule has 1 aromatic heterocycles. The molecule has 0 aliphatic carbocycles. The van der Waals surface area contributed by atoms with Crippen LogP contribution in [-0.2, 0) is 20.9 Å². The van der Waals surface area contributed by atoms with Crippen LogP contribution in [0.25, 0.3) is 0 Å². The van der Waals surface area contributed by atoms with Gasteiger partial charge in [-0.15, -0.1) is 11.3 Å². The summed E-state index contributed by atoms with van der Waals surface area (Å²) in [5, 5.41) is 10.4. The van der Waals surface area contributed by atoms with Gasteiger partial charge in [-0.05, 0) is 32.6 Å². The third kappa shape index (κ3) is 5.95. The molecule has 0 aromatic carbocycles. The molecule has 31 heavy (non-hydrogen) atoms. The molecule has 11 heteroatoms. The molecule has 1 spiro atoms. The lowest BCUT2D eigenvalue weighted by Gasteiger charge is -2.38. The lowest BCUT2D eigenvalue weighted by atomic mass is 9.71. The Morgan fingerprint density at radius 1 is 1.29 bits per heavy atom. The number of carbonyl (C=O) groups excluding carboxylic acids is 1. The normalized spacial score (nSPS) is 23.6. The van der Waals surface area contributed by atoms with Gasteiger partial charge in [0.1, 0.15) is 0 Å². The molecule has 0 radical (unpaired) electrons. The first kappa shape index (κ1) is 23.9. The summed E-state index contributed by atoms with van der Waals surface area (Å²) >= 11 is 1.71. The summed E-state index contributed by atoms with van der Waals surface area (Å²) in [7, 11) is 0. The number of nitrogens with zero attached hydrogens (tertiary/aromatic N) is 3. The highest BCUT2D eigenvalue weighted by Gasteiger charge is 2.51. The summed E-state index contributed by atoms with van der Waals surface area (Å²) in [4.78, 5) is 31.2. The van der Waals surface area contributed by atoms with Crippen LogP contribution in [0.5, 0.6) is 0 Å². The van der Waals surface area contributed by atoms with E-state index in [1.54, 1.807) is 11.3 Å². The van der Waals surface area contributed by atoms with Crippen LogP contribution < -0.4 is 0 Å². The van der Waals surface area contributed by atoms with Crippen LogP contribution in [0, 0.1) is 18.3 Å². The fourth-order valence-electron chi connectivity index (χ4n) is 4.68. The first-order chi connectivity index (χ1) is 14.6. The van der Waals surface area contributed by atoms with Crippen molar-refractivity contribution in [3.63, 3.8) is 0 Å². The number of thiazole rings is 1. The van der Waals surface area contributed by atoms with E-state index in [1.165, 1.54) is 0 Å². The first-order valence-electron chi connectivity index (χ1n) is 10.4.